The van der Waals surface area contributed by atoms with Crippen molar-refractivity contribution < 1.29 is 0 Å². The molecule has 1 aliphatic heterocycles. The van der Waals surface area contributed by atoms with Crippen LogP contribution in [0.25, 0.3) is 0 Å². The quantitative estimate of drug-likeness (QED) is 0.926. The Balaban J connectivity index is 0.00000200. The lowest BCUT2D eigenvalue weighted by Crippen LogP contribution is -2.48. The van der Waals surface area contributed by atoms with Crippen LogP contribution < -0.4 is 5.73 Å². The Hall–Kier alpha value is -0.160. The van der Waals surface area contributed by atoms with Gasteiger partial charge in [0.1, 0.15) is 0 Å². The molecule has 0 aromatic carbocycles. The van der Waals surface area contributed by atoms with Crippen LogP contribution in [0.5, 0.6) is 0 Å². The summed E-state index contributed by atoms with van der Waals surface area (Å²) in [5, 5.41) is 3.45. The van der Waals surface area contributed by atoms with E-state index in [-0.39, 0.29) is 23.9 Å². The first-order chi connectivity index (χ1) is 8.88. The molecule has 0 saturated carbocycles. The molecule has 20 heavy (non-hydrogen) atoms. The van der Waals surface area contributed by atoms with Gasteiger partial charge in [0, 0.05) is 29.4 Å². The SMILES string of the molecule is CC(N)C1CCCCN1Cc1csc(C(C)(C)C)n1.Cl. The number of likely N-dealkylation sites (tertiary alicyclic amines) is 1. The first-order valence-electron chi connectivity index (χ1n) is 7.32. The van der Waals surface area contributed by atoms with E-state index in [4.69, 9.17) is 10.7 Å². The minimum atomic E-state index is 0. The zero-order valence-corrected chi connectivity index (χ0v) is 14.7. The fourth-order valence-corrected chi connectivity index (χ4v) is 3.64. The predicted octanol–water partition coefficient (Wildman–Crippen LogP) is 3.56. The number of thiazole rings is 1. The van der Waals surface area contributed by atoms with Crippen LogP contribution in [0.15, 0.2) is 5.38 Å². The Kier molecular flexibility index (Phi) is 6.45. The largest absolute Gasteiger partial charge is 0.327 e. The number of piperidine rings is 1. The summed E-state index contributed by atoms with van der Waals surface area (Å²) < 4.78 is 0. The van der Waals surface area contributed by atoms with E-state index in [1.807, 2.05) is 0 Å². The molecule has 2 atom stereocenters. The molecule has 0 amide bonds. The Bertz CT molecular complexity index is 411. The average Bonchev–Trinajstić information content (AvgIpc) is 2.77. The number of hydrogen-bond acceptors (Lipinski definition) is 4. The van der Waals surface area contributed by atoms with E-state index >= 15 is 0 Å². The topological polar surface area (TPSA) is 42.1 Å². The zero-order chi connectivity index (χ0) is 14.0. The van der Waals surface area contributed by atoms with Gasteiger partial charge < -0.3 is 5.73 Å². The summed E-state index contributed by atoms with van der Waals surface area (Å²) in [7, 11) is 0. The Morgan fingerprint density at radius 1 is 1.45 bits per heavy atom. The number of nitrogens with two attached hydrogens (primary N) is 1. The molecule has 116 valence electrons. The number of rotatable bonds is 3. The molecule has 2 heterocycles. The standard InChI is InChI=1S/C15H27N3S.ClH/c1-11(16)13-7-5-6-8-18(13)9-12-10-19-14(17-12)15(2,3)4;/h10-11,13H,5-9,16H2,1-4H3;1H. The molecule has 1 aromatic heterocycles. The summed E-state index contributed by atoms with van der Waals surface area (Å²) in [5.41, 5.74) is 7.49. The van der Waals surface area contributed by atoms with E-state index in [2.05, 4.69) is 38.0 Å². The van der Waals surface area contributed by atoms with Gasteiger partial charge in [-0.1, -0.05) is 27.2 Å². The summed E-state index contributed by atoms with van der Waals surface area (Å²) in [4.78, 5) is 7.33. The summed E-state index contributed by atoms with van der Waals surface area (Å²) in [6.07, 6.45) is 3.83. The molecule has 1 aliphatic rings. The zero-order valence-electron chi connectivity index (χ0n) is 13.1. The fourth-order valence-electron chi connectivity index (χ4n) is 2.74. The molecule has 1 fully saturated rings. The Morgan fingerprint density at radius 3 is 2.70 bits per heavy atom. The third-order valence-corrected chi connectivity index (χ3v) is 5.15. The smallest absolute Gasteiger partial charge is 0.0982 e. The van der Waals surface area contributed by atoms with Crippen molar-refractivity contribution in [1.82, 2.24) is 9.88 Å². The van der Waals surface area contributed by atoms with Gasteiger partial charge in [0.2, 0.25) is 0 Å². The van der Waals surface area contributed by atoms with Crippen molar-refractivity contribution in [2.24, 2.45) is 5.73 Å². The molecule has 2 rings (SSSR count). The normalized spacial score (nSPS) is 22.4. The molecule has 1 aromatic rings. The van der Waals surface area contributed by atoms with E-state index in [9.17, 15) is 0 Å². The molecular formula is C15H28ClN3S. The van der Waals surface area contributed by atoms with Gasteiger partial charge in [-0.3, -0.25) is 4.90 Å². The van der Waals surface area contributed by atoms with Gasteiger partial charge in [0.25, 0.3) is 0 Å². The lowest BCUT2D eigenvalue weighted by molar-refractivity contribution is 0.121. The molecule has 0 bridgehead atoms. The van der Waals surface area contributed by atoms with Crippen molar-refractivity contribution in [2.75, 3.05) is 6.54 Å². The Labute approximate surface area is 133 Å². The van der Waals surface area contributed by atoms with Crippen LogP contribution in [-0.4, -0.2) is 28.5 Å². The molecule has 5 heteroatoms. The Morgan fingerprint density at radius 2 is 2.15 bits per heavy atom. The lowest BCUT2D eigenvalue weighted by atomic mass is 9.96. The van der Waals surface area contributed by atoms with Crippen LogP contribution in [-0.2, 0) is 12.0 Å². The lowest BCUT2D eigenvalue weighted by Gasteiger charge is -2.37. The monoisotopic (exact) mass is 317 g/mol. The third kappa shape index (κ3) is 4.42. The van der Waals surface area contributed by atoms with Gasteiger partial charge in [-0.2, -0.15) is 0 Å². The van der Waals surface area contributed by atoms with E-state index in [1.165, 1.54) is 30.0 Å². The number of nitrogens with zero attached hydrogens (tertiary/aromatic N) is 2. The highest BCUT2D eigenvalue weighted by Gasteiger charge is 2.26. The summed E-state index contributed by atoms with van der Waals surface area (Å²) >= 11 is 1.79. The van der Waals surface area contributed by atoms with Gasteiger partial charge in [-0.25, -0.2) is 4.98 Å². The van der Waals surface area contributed by atoms with Crippen LogP contribution in [0.1, 0.15) is 57.7 Å². The van der Waals surface area contributed by atoms with Gasteiger partial charge >= 0.3 is 0 Å². The van der Waals surface area contributed by atoms with E-state index in [1.54, 1.807) is 11.3 Å². The van der Waals surface area contributed by atoms with Crippen LogP contribution in [0, 0.1) is 0 Å². The van der Waals surface area contributed by atoms with Crippen LogP contribution in [0.4, 0.5) is 0 Å². The maximum absolute atomic E-state index is 6.13. The van der Waals surface area contributed by atoms with Gasteiger partial charge in [-0.15, -0.1) is 23.7 Å². The summed E-state index contributed by atoms with van der Waals surface area (Å²) in [6.45, 7) is 10.9. The predicted molar refractivity (Wildman–Crippen MR) is 89.8 cm³/mol. The minimum Gasteiger partial charge on any atom is -0.327 e. The minimum absolute atomic E-state index is 0. The highest BCUT2D eigenvalue weighted by molar-refractivity contribution is 7.09. The van der Waals surface area contributed by atoms with Crippen molar-refractivity contribution in [2.45, 2.75) is 71.0 Å². The van der Waals surface area contributed by atoms with Crippen molar-refractivity contribution in [1.29, 1.82) is 0 Å². The van der Waals surface area contributed by atoms with E-state index in [0.717, 1.165) is 13.1 Å². The summed E-state index contributed by atoms with van der Waals surface area (Å²) in [5.74, 6) is 0. The molecule has 3 nitrogen and oxygen atoms in total. The highest BCUT2D eigenvalue weighted by Crippen LogP contribution is 2.27. The van der Waals surface area contributed by atoms with Crippen molar-refractivity contribution in [3.8, 4) is 0 Å². The molecule has 2 unspecified atom stereocenters. The van der Waals surface area contributed by atoms with Gasteiger partial charge in [0.05, 0.1) is 10.7 Å². The first kappa shape index (κ1) is 17.9. The number of hydrogen-bond donors (Lipinski definition) is 1. The maximum Gasteiger partial charge on any atom is 0.0982 e. The second-order valence-electron chi connectivity index (χ2n) is 6.79. The molecule has 0 radical (unpaired) electrons. The van der Waals surface area contributed by atoms with Crippen LogP contribution in [0.2, 0.25) is 0 Å². The average molecular weight is 318 g/mol. The van der Waals surface area contributed by atoms with Crippen LogP contribution in [0.3, 0.4) is 0 Å². The number of halogens is 1. The van der Waals surface area contributed by atoms with Crippen LogP contribution >= 0.6 is 23.7 Å². The third-order valence-electron chi connectivity index (χ3n) is 3.83. The highest BCUT2D eigenvalue weighted by atomic mass is 35.5. The molecule has 2 N–H and O–H groups in total. The molecule has 0 aliphatic carbocycles. The van der Waals surface area contributed by atoms with E-state index < -0.39 is 0 Å². The molecular weight excluding hydrogens is 290 g/mol. The van der Waals surface area contributed by atoms with Gasteiger partial charge in [0.15, 0.2) is 0 Å². The second kappa shape index (κ2) is 7.21. The fraction of sp³-hybridized carbons (Fsp3) is 0.800. The van der Waals surface area contributed by atoms with Crippen molar-refractivity contribution in [3.63, 3.8) is 0 Å². The maximum atomic E-state index is 6.13. The van der Waals surface area contributed by atoms with Gasteiger partial charge in [-0.05, 0) is 26.3 Å². The number of aromatic nitrogens is 1. The van der Waals surface area contributed by atoms with Crippen molar-refractivity contribution >= 4 is 23.7 Å². The summed E-state index contributed by atoms with van der Waals surface area (Å²) in [6, 6.07) is 0.773. The van der Waals surface area contributed by atoms with E-state index in [0.29, 0.717) is 6.04 Å². The second-order valence-corrected chi connectivity index (χ2v) is 7.64. The molecule has 1 saturated heterocycles. The van der Waals surface area contributed by atoms with Crippen molar-refractivity contribution in [3.05, 3.63) is 16.1 Å². The molecule has 0 spiro atoms. The first-order valence-corrected chi connectivity index (χ1v) is 8.20.